The molecule has 1 amide bonds. The molecule has 2 aromatic heterocycles. The minimum atomic E-state index is -0.632. The Morgan fingerprint density at radius 2 is 1.77 bits per heavy atom. The summed E-state index contributed by atoms with van der Waals surface area (Å²) in [7, 11) is 0. The number of ether oxygens (including phenoxy) is 1. The standard InChI is InChI=1S/C24H30N4O3/c1-14-7-8-19-17(9-14)18(22(29)27-11-15(2)26-16(3)12-27)10-20-21(25-13-28(19)20)23(30)31-24(4,5)6/h7-10,13,15-16,26H,11-12H2,1-6H3/t15-,16+. The topological polar surface area (TPSA) is 75.9 Å². The lowest BCUT2D eigenvalue weighted by molar-refractivity contribution is 0.00656. The molecule has 0 saturated carbocycles. The maximum absolute atomic E-state index is 13.6. The molecule has 0 unspecified atom stereocenters. The van der Waals surface area contributed by atoms with Crippen molar-refractivity contribution in [2.24, 2.45) is 0 Å². The average Bonchev–Trinajstić information content (AvgIpc) is 3.08. The number of fused-ring (bicyclic) bond motifs is 3. The number of amides is 1. The Morgan fingerprint density at radius 1 is 1.10 bits per heavy atom. The molecule has 0 spiro atoms. The second kappa shape index (κ2) is 7.64. The highest BCUT2D eigenvalue weighted by molar-refractivity contribution is 6.09. The summed E-state index contributed by atoms with van der Waals surface area (Å²) in [5.74, 6) is -0.529. The summed E-state index contributed by atoms with van der Waals surface area (Å²) in [5, 5.41) is 4.32. The number of aryl methyl sites for hydroxylation is 1. The number of rotatable bonds is 2. The monoisotopic (exact) mass is 422 g/mol. The van der Waals surface area contributed by atoms with Gasteiger partial charge in [0.2, 0.25) is 0 Å². The van der Waals surface area contributed by atoms with Gasteiger partial charge in [-0.25, -0.2) is 9.78 Å². The summed E-state index contributed by atoms with van der Waals surface area (Å²) in [5.41, 5.74) is 2.64. The molecule has 0 aliphatic carbocycles. The van der Waals surface area contributed by atoms with Crippen LogP contribution in [-0.4, -0.2) is 56.9 Å². The molecule has 1 aromatic carbocycles. The van der Waals surface area contributed by atoms with E-state index in [0.717, 1.165) is 16.5 Å². The van der Waals surface area contributed by atoms with Crippen molar-refractivity contribution < 1.29 is 14.3 Å². The number of benzene rings is 1. The largest absolute Gasteiger partial charge is 0.455 e. The minimum absolute atomic E-state index is 0.0327. The van der Waals surface area contributed by atoms with E-state index >= 15 is 0 Å². The normalized spacial score (nSPS) is 19.7. The molecule has 1 saturated heterocycles. The first-order valence-electron chi connectivity index (χ1n) is 10.7. The second-order valence-electron chi connectivity index (χ2n) is 9.61. The zero-order chi connectivity index (χ0) is 22.5. The maximum Gasteiger partial charge on any atom is 0.359 e. The summed E-state index contributed by atoms with van der Waals surface area (Å²) < 4.78 is 7.40. The van der Waals surface area contributed by atoms with Crippen LogP contribution in [0.1, 0.15) is 61.0 Å². The number of carbonyl (C=O) groups excluding carboxylic acids is 2. The lowest BCUT2D eigenvalue weighted by Gasteiger charge is -2.36. The molecule has 7 nitrogen and oxygen atoms in total. The molecule has 2 atom stereocenters. The fourth-order valence-electron chi connectivity index (χ4n) is 4.30. The molecule has 164 valence electrons. The number of aromatic nitrogens is 2. The maximum atomic E-state index is 13.6. The highest BCUT2D eigenvalue weighted by atomic mass is 16.6. The number of hydrogen-bond acceptors (Lipinski definition) is 5. The summed E-state index contributed by atoms with van der Waals surface area (Å²) in [6.07, 6.45) is 1.62. The van der Waals surface area contributed by atoms with Crippen LogP contribution in [0.5, 0.6) is 0 Å². The van der Waals surface area contributed by atoms with Crippen molar-refractivity contribution in [2.45, 2.75) is 59.2 Å². The van der Waals surface area contributed by atoms with Crippen LogP contribution >= 0.6 is 0 Å². The van der Waals surface area contributed by atoms with Crippen molar-refractivity contribution >= 4 is 28.3 Å². The smallest absolute Gasteiger partial charge is 0.359 e. The minimum Gasteiger partial charge on any atom is -0.455 e. The van der Waals surface area contributed by atoms with E-state index in [9.17, 15) is 9.59 Å². The van der Waals surface area contributed by atoms with Gasteiger partial charge in [0.15, 0.2) is 5.69 Å². The van der Waals surface area contributed by atoms with Gasteiger partial charge in [-0.15, -0.1) is 0 Å². The highest BCUT2D eigenvalue weighted by Crippen LogP contribution is 2.27. The molecular weight excluding hydrogens is 392 g/mol. The summed E-state index contributed by atoms with van der Waals surface area (Å²) in [4.78, 5) is 32.7. The summed E-state index contributed by atoms with van der Waals surface area (Å²) in [6.45, 7) is 12.9. The van der Waals surface area contributed by atoms with Crippen LogP contribution in [0.2, 0.25) is 0 Å². The Labute approximate surface area is 182 Å². The summed E-state index contributed by atoms with van der Waals surface area (Å²) in [6, 6.07) is 8.21. The number of nitrogens with zero attached hydrogens (tertiary/aromatic N) is 3. The lowest BCUT2D eigenvalue weighted by Crippen LogP contribution is -2.55. The third kappa shape index (κ3) is 4.14. The highest BCUT2D eigenvalue weighted by Gasteiger charge is 2.29. The molecule has 1 aliphatic heterocycles. The van der Waals surface area contributed by atoms with Crippen LogP contribution in [-0.2, 0) is 4.74 Å². The van der Waals surface area contributed by atoms with E-state index in [4.69, 9.17) is 4.74 Å². The Kier molecular flexibility index (Phi) is 5.25. The van der Waals surface area contributed by atoms with Crippen LogP contribution in [0.3, 0.4) is 0 Å². The van der Waals surface area contributed by atoms with Gasteiger partial charge < -0.3 is 15.0 Å². The Morgan fingerprint density at radius 3 is 2.42 bits per heavy atom. The molecule has 31 heavy (non-hydrogen) atoms. The Balaban J connectivity index is 1.88. The number of nitrogens with one attached hydrogen (secondary N) is 1. The number of imidazole rings is 1. The van der Waals surface area contributed by atoms with E-state index in [2.05, 4.69) is 24.1 Å². The van der Waals surface area contributed by atoms with Crippen molar-refractivity contribution in [1.82, 2.24) is 19.6 Å². The first-order chi connectivity index (χ1) is 14.5. The van der Waals surface area contributed by atoms with E-state index in [0.29, 0.717) is 24.2 Å². The predicted octanol–water partition coefficient (Wildman–Crippen LogP) is 3.57. The zero-order valence-electron chi connectivity index (χ0n) is 19.0. The first kappa shape index (κ1) is 21.3. The van der Waals surface area contributed by atoms with Gasteiger partial charge >= 0.3 is 5.97 Å². The molecule has 0 radical (unpaired) electrons. The van der Waals surface area contributed by atoms with Gasteiger partial charge in [0.25, 0.3) is 5.91 Å². The molecule has 3 heterocycles. The molecule has 7 heteroatoms. The Hall–Kier alpha value is -2.93. The van der Waals surface area contributed by atoms with Crippen LogP contribution in [0, 0.1) is 6.92 Å². The van der Waals surface area contributed by atoms with E-state index in [1.54, 1.807) is 12.4 Å². The molecule has 1 fully saturated rings. The molecule has 3 aromatic rings. The zero-order valence-corrected chi connectivity index (χ0v) is 19.0. The van der Waals surface area contributed by atoms with Crippen molar-refractivity contribution in [2.75, 3.05) is 13.1 Å². The number of esters is 1. The second-order valence-corrected chi connectivity index (χ2v) is 9.61. The molecule has 1 N–H and O–H groups in total. The van der Waals surface area contributed by atoms with Gasteiger partial charge in [-0.2, -0.15) is 0 Å². The van der Waals surface area contributed by atoms with Crippen molar-refractivity contribution in [3.8, 4) is 0 Å². The number of pyridine rings is 1. The van der Waals surface area contributed by atoms with Gasteiger partial charge in [-0.05, 0) is 59.7 Å². The van der Waals surface area contributed by atoms with E-state index in [1.807, 2.05) is 55.2 Å². The summed E-state index contributed by atoms with van der Waals surface area (Å²) >= 11 is 0. The van der Waals surface area contributed by atoms with E-state index in [1.165, 1.54) is 0 Å². The van der Waals surface area contributed by atoms with Crippen molar-refractivity contribution in [3.05, 3.63) is 47.4 Å². The van der Waals surface area contributed by atoms with Crippen molar-refractivity contribution in [1.29, 1.82) is 0 Å². The third-order valence-corrected chi connectivity index (χ3v) is 5.45. The van der Waals surface area contributed by atoms with Crippen molar-refractivity contribution in [3.63, 3.8) is 0 Å². The molecular formula is C24H30N4O3. The fourth-order valence-corrected chi connectivity index (χ4v) is 4.30. The van der Waals surface area contributed by atoms with Gasteiger partial charge in [0.05, 0.1) is 16.6 Å². The molecule has 4 rings (SSSR count). The van der Waals surface area contributed by atoms with Gasteiger partial charge in [0, 0.05) is 30.6 Å². The molecule has 0 bridgehead atoms. The van der Waals surface area contributed by atoms with Gasteiger partial charge in [0.1, 0.15) is 11.9 Å². The van der Waals surface area contributed by atoms with E-state index in [-0.39, 0.29) is 23.7 Å². The van der Waals surface area contributed by atoms with Gasteiger partial charge in [-0.1, -0.05) is 11.6 Å². The predicted molar refractivity (Wildman–Crippen MR) is 121 cm³/mol. The lowest BCUT2D eigenvalue weighted by atomic mass is 10.0. The average molecular weight is 423 g/mol. The van der Waals surface area contributed by atoms with Gasteiger partial charge in [-0.3, -0.25) is 9.20 Å². The first-order valence-corrected chi connectivity index (χ1v) is 10.7. The number of hydrogen-bond donors (Lipinski definition) is 1. The quantitative estimate of drug-likeness (QED) is 0.639. The number of piperazine rings is 1. The Bertz CT molecular complexity index is 1160. The van der Waals surface area contributed by atoms with Crippen LogP contribution < -0.4 is 5.32 Å². The van der Waals surface area contributed by atoms with Crippen LogP contribution in [0.4, 0.5) is 0 Å². The van der Waals surface area contributed by atoms with E-state index < -0.39 is 11.6 Å². The SMILES string of the molecule is Cc1ccc2c(c1)c(C(=O)N1C[C@@H](C)N[C@@H](C)C1)cc1c(C(=O)OC(C)(C)C)ncn12. The fraction of sp³-hybridized carbons (Fsp3) is 0.458. The third-order valence-electron chi connectivity index (χ3n) is 5.45. The number of carbonyl (C=O) groups is 2. The molecule has 1 aliphatic rings. The van der Waals surface area contributed by atoms with Crippen LogP contribution in [0.15, 0.2) is 30.6 Å². The van der Waals surface area contributed by atoms with Crippen LogP contribution in [0.25, 0.3) is 16.4 Å².